The summed E-state index contributed by atoms with van der Waals surface area (Å²) in [4.78, 5) is 37.7. The quantitative estimate of drug-likeness (QED) is 0.120. The molecule has 0 saturated carbocycles. The molecule has 2 N–H and O–H groups in total. The first kappa shape index (κ1) is 32.6. The summed E-state index contributed by atoms with van der Waals surface area (Å²) in [6.07, 6.45) is -7.61. The van der Waals surface area contributed by atoms with Crippen LogP contribution < -0.4 is 10.6 Å². The van der Waals surface area contributed by atoms with Crippen LogP contribution in [0.15, 0.2) is 103 Å². The van der Waals surface area contributed by atoms with E-state index in [1.807, 2.05) is 54.5 Å². The number of anilines is 1. The number of ether oxygens (including phenoxy) is 3. The van der Waals surface area contributed by atoms with Crippen molar-refractivity contribution in [2.45, 2.75) is 31.2 Å². The number of halogens is 3. The van der Waals surface area contributed by atoms with E-state index in [1.165, 1.54) is 31.2 Å². The number of esters is 1. The molecule has 4 aromatic carbocycles. The van der Waals surface area contributed by atoms with Gasteiger partial charge in [-0.15, -0.1) is 0 Å². The van der Waals surface area contributed by atoms with Gasteiger partial charge < -0.3 is 14.2 Å². The van der Waals surface area contributed by atoms with Crippen molar-refractivity contribution in [3.63, 3.8) is 0 Å². The summed E-state index contributed by atoms with van der Waals surface area (Å²) in [5.41, 5.74) is 1.45. The molecule has 0 aromatic heterocycles. The lowest BCUT2D eigenvalue weighted by atomic mass is 9.98. The van der Waals surface area contributed by atoms with Crippen LogP contribution in [0.4, 0.5) is 28.4 Å². The van der Waals surface area contributed by atoms with Crippen LogP contribution in [0.1, 0.15) is 35.1 Å². The fourth-order valence-corrected chi connectivity index (χ4v) is 5.10. The number of carbonyl (C=O) groups is 3. The molecular weight excluding hydrogens is 613 g/mol. The van der Waals surface area contributed by atoms with E-state index in [1.54, 1.807) is 35.6 Å². The van der Waals surface area contributed by atoms with Gasteiger partial charge in [0.05, 0.1) is 6.61 Å². The van der Waals surface area contributed by atoms with Crippen LogP contribution in [0.5, 0.6) is 0 Å². The number of fused-ring (bicyclic) bond motifs is 3. The molecule has 8 nitrogen and oxygen atoms in total. The Bertz CT molecular complexity index is 1770. The molecule has 0 bridgehead atoms. The zero-order valence-corrected chi connectivity index (χ0v) is 25.1. The van der Waals surface area contributed by atoms with E-state index in [-0.39, 0.29) is 24.7 Å². The summed E-state index contributed by atoms with van der Waals surface area (Å²) in [7, 11) is 0. The minimum absolute atomic E-state index is 0.0560. The maximum absolute atomic E-state index is 14.4. The van der Waals surface area contributed by atoms with Gasteiger partial charge in [-0.3, -0.25) is 10.6 Å². The number of hydrogen-bond donors (Lipinski definition) is 2. The predicted molar refractivity (Wildman–Crippen MR) is 167 cm³/mol. The number of alkyl carbamates (subject to hydrolysis) is 1. The largest absolute Gasteiger partial charge is 0.463 e. The Morgan fingerprint density at radius 2 is 1.34 bits per heavy atom. The zero-order chi connectivity index (χ0) is 33.4. The predicted octanol–water partition coefficient (Wildman–Crippen LogP) is 7.19. The first-order valence-corrected chi connectivity index (χ1v) is 14.6. The van der Waals surface area contributed by atoms with Gasteiger partial charge in [0.25, 0.3) is 5.54 Å². The van der Waals surface area contributed by atoms with Crippen LogP contribution in [0.25, 0.3) is 11.1 Å². The van der Waals surface area contributed by atoms with Crippen molar-refractivity contribution in [2.75, 3.05) is 18.5 Å². The SMILES string of the molecule is CCOC(=O)[C@@](C#Cc1ccc(NC(=O)OCC2c3ccccc3-c3ccccc32)cc1)(NC(=O)OCc1ccccc1)C(F)(F)F. The molecule has 1 aliphatic rings. The third-order valence-electron chi connectivity index (χ3n) is 7.38. The number of rotatable bonds is 8. The molecule has 0 spiro atoms. The summed E-state index contributed by atoms with van der Waals surface area (Å²) in [5.74, 6) is 2.19. The second kappa shape index (κ2) is 14.1. The molecule has 11 heteroatoms. The highest BCUT2D eigenvalue weighted by atomic mass is 19.4. The van der Waals surface area contributed by atoms with Gasteiger partial charge in [0.2, 0.25) is 0 Å². The molecule has 0 radical (unpaired) electrons. The van der Waals surface area contributed by atoms with E-state index in [0.29, 0.717) is 11.3 Å². The monoisotopic (exact) mass is 642 g/mol. The number of amides is 2. The molecule has 1 aliphatic carbocycles. The van der Waals surface area contributed by atoms with Gasteiger partial charge in [0.15, 0.2) is 0 Å². The number of alkyl halides is 3. The first-order valence-electron chi connectivity index (χ1n) is 14.6. The van der Waals surface area contributed by atoms with Crippen LogP contribution in [0.3, 0.4) is 0 Å². The van der Waals surface area contributed by atoms with Crippen molar-refractivity contribution in [1.29, 1.82) is 0 Å². The van der Waals surface area contributed by atoms with E-state index in [9.17, 15) is 27.6 Å². The van der Waals surface area contributed by atoms with Crippen LogP contribution in [-0.4, -0.2) is 43.1 Å². The Labute approximate surface area is 268 Å². The molecule has 0 saturated heterocycles. The molecule has 0 heterocycles. The van der Waals surface area contributed by atoms with E-state index < -0.39 is 36.5 Å². The third-order valence-corrected chi connectivity index (χ3v) is 7.38. The second-order valence-corrected chi connectivity index (χ2v) is 10.4. The Hall–Kier alpha value is -5.76. The Morgan fingerprint density at radius 1 is 0.745 bits per heavy atom. The van der Waals surface area contributed by atoms with Crippen molar-refractivity contribution in [1.82, 2.24) is 5.32 Å². The number of carbonyl (C=O) groups excluding carboxylic acids is 3. The first-order chi connectivity index (χ1) is 22.6. The normalized spacial score (nSPS) is 13.1. The van der Waals surface area contributed by atoms with Crippen molar-refractivity contribution in [3.05, 3.63) is 125 Å². The smallest absolute Gasteiger partial charge is 0.434 e. The second-order valence-electron chi connectivity index (χ2n) is 10.4. The van der Waals surface area contributed by atoms with Crippen LogP contribution in [0.2, 0.25) is 0 Å². The molecule has 240 valence electrons. The zero-order valence-electron chi connectivity index (χ0n) is 25.1. The van der Waals surface area contributed by atoms with E-state index in [0.717, 1.165) is 22.3 Å². The van der Waals surface area contributed by atoms with Crippen LogP contribution in [0, 0.1) is 11.8 Å². The van der Waals surface area contributed by atoms with Gasteiger partial charge >= 0.3 is 24.3 Å². The van der Waals surface area contributed by atoms with Crippen molar-refractivity contribution >= 4 is 23.8 Å². The molecule has 47 heavy (non-hydrogen) atoms. The van der Waals surface area contributed by atoms with Gasteiger partial charge in [-0.05, 0) is 64.9 Å². The summed E-state index contributed by atoms with van der Waals surface area (Å²) in [5, 5.41) is 4.16. The molecular formula is C36H29F3N2O6. The molecule has 1 atom stereocenters. The fraction of sp³-hybridized carbons (Fsp3) is 0.194. The standard InChI is InChI=1S/C36H29F3N2O6/c1-2-45-32(42)35(36(37,38)39,41-34(44)46-22-25-10-4-3-5-11-25)21-20-24-16-18-26(19-17-24)40-33(43)47-23-31-29-14-8-6-12-27(29)28-13-7-9-15-30(28)31/h3-19,31H,2,22-23H2,1H3,(H,40,43)(H,41,44)/t35-/m1/s1. The Kier molecular flexibility index (Phi) is 9.80. The summed E-state index contributed by atoms with van der Waals surface area (Å²) in [6, 6.07) is 29.6. The molecule has 2 amide bonds. The number of benzene rings is 4. The lowest BCUT2D eigenvalue weighted by molar-refractivity contribution is -0.198. The van der Waals surface area contributed by atoms with E-state index in [2.05, 4.69) is 16.0 Å². The molecule has 5 rings (SSSR count). The van der Waals surface area contributed by atoms with Crippen molar-refractivity contribution in [3.8, 4) is 23.0 Å². The molecule has 4 aromatic rings. The number of nitrogens with one attached hydrogen (secondary N) is 2. The van der Waals surface area contributed by atoms with E-state index >= 15 is 0 Å². The summed E-state index contributed by atoms with van der Waals surface area (Å²) in [6.45, 7) is 0.685. The molecule has 0 aliphatic heterocycles. The Morgan fingerprint density at radius 3 is 1.94 bits per heavy atom. The van der Waals surface area contributed by atoms with Gasteiger partial charge in [-0.2, -0.15) is 13.2 Å². The van der Waals surface area contributed by atoms with Gasteiger partial charge in [-0.1, -0.05) is 84.8 Å². The minimum Gasteiger partial charge on any atom is -0.463 e. The minimum atomic E-state index is -5.37. The Balaban J connectivity index is 1.26. The average Bonchev–Trinajstić information content (AvgIpc) is 3.39. The maximum atomic E-state index is 14.4. The van der Waals surface area contributed by atoms with E-state index in [4.69, 9.17) is 9.47 Å². The highest BCUT2D eigenvalue weighted by Crippen LogP contribution is 2.44. The summed E-state index contributed by atoms with van der Waals surface area (Å²) >= 11 is 0. The number of hydrogen-bond acceptors (Lipinski definition) is 6. The van der Waals surface area contributed by atoms with Crippen LogP contribution >= 0.6 is 0 Å². The highest BCUT2D eigenvalue weighted by Gasteiger charge is 2.63. The lowest BCUT2D eigenvalue weighted by Gasteiger charge is -2.29. The highest BCUT2D eigenvalue weighted by molar-refractivity contribution is 5.91. The molecule has 0 fully saturated rings. The van der Waals surface area contributed by atoms with Crippen molar-refractivity contribution < 1.29 is 41.8 Å². The molecule has 0 unspecified atom stereocenters. The fourth-order valence-electron chi connectivity index (χ4n) is 5.10. The average molecular weight is 643 g/mol. The summed E-state index contributed by atoms with van der Waals surface area (Å²) < 4.78 is 58.3. The van der Waals surface area contributed by atoms with Gasteiger partial charge in [-0.25, -0.2) is 14.4 Å². The lowest BCUT2D eigenvalue weighted by Crippen LogP contribution is -2.63. The maximum Gasteiger partial charge on any atom is 0.434 e. The van der Waals surface area contributed by atoms with Gasteiger partial charge in [0, 0.05) is 17.2 Å². The van der Waals surface area contributed by atoms with Gasteiger partial charge in [0.1, 0.15) is 13.2 Å². The van der Waals surface area contributed by atoms with Crippen molar-refractivity contribution in [2.24, 2.45) is 0 Å². The third kappa shape index (κ3) is 7.39. The van der Waals surface area contributed by atoms with Crippen LogP contribution in [-0.2, 0) is 25.6 Å². The topological polar surface area (TPSA) is 103 Å².